The van der Waals surface area contributed by atoms with Gasteiger partial charge in [0.2, 0.25) is 0 Å². The van der Waals surface area contributed by atoms with E-state index in [1.807, 2.05) is 0 Å². The van der Waals surface area contributed by atoms with Gasteiger partial charge in [-0.15, -0.1) is 0 Å². The third-order valence-electron chi connectivity index (χ3n) is 2.76. The van der Waals surface area contributed by atoms with Crippen LogP contribution in [0.5, 0.6) is 5.75 Å². The largest absolute Gasteiger partial charge is 0.495 e. The summed E-state index contributed by atoms with van der Waals surface area (Å²) in [5.74, 6) is -0.867. The van der Waals surface area contributed by atoms with E-state index in [2.05, 4.69) is 15.5 Å². The summed E-state index contributed by atoms with van der Waals surface area (Å²) in [7, 11) is 1.18. The van der Waals surface area contributed by atoms with Crippen LogP contribution in [0.15, 0.2) is 24.4 Å². The molecule has 0 saturated heterocycles. The van der Waals surface area contributed by atoms with Crippen LogP contribution in [0, 0.1) is 11.3 Å². The zero-order chi connectivity index (χ0) is 16.3. The number of halogens is 3. The molecule has 2 aromatic rings. The van der Waals surface area contributed by atoms with E-state index in [0.29, 0.717) is 0 Å². The van der Waals surface area contributed by atoms with Crippen LogP contribution in [0.1, 0.15) is 21.6 Å². The number of rotatable bonds is 3. The van der Waals surface area contributed by atoms with E-state index >= 15 is 0 Å². The van der Waals surface area contributed by atoms with Crippen molar-refractivity contribution >= 4 is 11.6 Å². The van der Waals surface area contributed by atoms with Crippen molar-refractivity contribution in [3.8, 4) is 11.8 Å². The summed E-state index contributed by atoms with van der Waals surface area (Å²) in [6.45, 7) is 0. The van der Waals surface area contributed by atoms with E-state index in [1.165, 1.54) is 13.3 Å². The molecule has 2 rings (SSSR count). The number of aromatic amines is 1. The monoisotopic (exact) mass is 310 g/mol. The summed E-state index contributed by atoms with van der Waals surface area (Å²) in [5, 5.41) is 17.1. The Bertz CT molecular complexity index is 746. The number of nitriles is 1. The molecule has 0 fully saturated rings. The normalized spacial score (nSPS) is 10.9. The second kappa shape index (κ2) is 5.77. The van der Waals surface area contributed by atoms with Gasteiger partial charge in [-0.1, -0.05) is 0 Å². The lowest BCUT2D eigenvalue weighted by molar-refractivity contribution is -0.137. The van der Waals surface area contributed by atoms with Gasteiger partial charge in [0.1, 0.15) is 23.1 Å². The Balaban J connectivity index is 2.30. The van der Waals surface area contributed by atoms with Gasteiger partial charge < -0.3 is 10.1 Å². The van der Waals surface area contributed by atoms with E-state index in [9.17, 15) is 18.0 Å². The SMILES string of the molecule is COc1cc(C(F)(F)F)ccc1NC(=O)c1[nH]ncc1C#N. The number of ether oxygens (including phenoxy) is 1. The third kappa shape index (κ3) is 3.01. The van der Waals surface area contributed by atoms with Gasteiger partial charge in [-0.2, -0.15) is 23.5 Å². The van der Waals surface area contributed by atoms with Gasteiger partial charge in [-0.3, -0.25) is 9.89 Å². The van der Waals surface area contributed by atoms with E-state index in [0.717, 1.165) is 18.2 Å². The van der Waals surface area contributed by atoms with Gasteiger partial charge in [0, 0.05) is 0 Å². The quantitative estimate of drug-likeness (QED) is 0.911. The summed E-state index contributed by atoms with van der Waals surface area (Å²) in [6.07, 6.45) is -3.36. The molecule has 1 amide bonds. The van der Waals surface area contributed by atoms with Crippen molar-refractivity contribution in [2.24, 2.45) is 0 Å². The van der Waals surface area contributed by atoms with E-state index in [-0.39, 0.29) is 22.7 Å². The molecule has 0 saturated carbocycles. The van der Waals surface area contributed by atoms with Crippen molar-refractivity contribution in [2.45, 2.75) is 6.18 Å². The Hall–Kier alpha value is -3.02. The molecule has 22 heavy (non-hydrogen) atoms. The summed E-state index contributed by atoms with van der Waals surface area (Å²) >= 11 is 0. The van der Waals surface area contributed by atoms with Gasteiger partial charge in [0.25, 0.3) is 5.91 Å². The minimum Gasteiger partial charge on any atom is -0.495 e. The Morgan fingerprint density at radius 3 is 2.77 bits per heavy atom. The number of amides is 1. The van der Waals surface area contributed by atoms with Crippen molar-refractivity contribution in [3.63, 3.8) is 0 Å². The Labute approximate surface area is 122 Å². The van der Waals surface area contributed by atoms with Crippen molar-refractivity contribution < 1.29 is 22.7 Å². The molecule has 1 aromatic carbocycles. The number of nitrogens with zero attached hydrogens (tertiary/aromatic N) is 2. The van der Waals surface area contributed by atoms with Gasteiger partial charge in [-0.05, 0) is 18.2 Å². The first-order valence-electron chi connectivity index (χ1n) is 5.87. The smallest absolute Gasteiger partial charge is 0.416 e. The van der Waals surface area contributed by atoms with Crippen LogP contribution in [-0.2, 0) is 6.18 Å². The molecular formula is C13H9F3N4O2. The molecule has 0 unspecified atom stereocenters. The molecule has 0 radical (unpaired) electrons. The van der Waals surface area contributed by atoms with Crippen LogP contribution in [0.25, 0.3) is 0 Å². The second-order valence-corrected chi connectivity index (χ2v) is 4.14. The zero-order valence-corrected chi connectivity index (χ0v) is 11.2. The molecule has 0 aliphatic rings. The lowest BCUT2D eigenvalue weighted by atomic mass is 10.1. The number of methoxy groups -OCH3 is 1. The van der Waals surface area contributed by atoms with Gasteiger partial charge in [0.15, 0.2) is 0 Å². The lowest BCUT2D eigenvalue weighted by Gasteiger charge is -2.13. The van der Waals surface area contributed by atoms with Crippen LogP contribution in [-0.4, -0.2) is 23.2 Å². The number of benzene rings is 1. The molecule has 1 aromatic heterocycles. The standard InChI is InChI=1S/C13H9F3N4O2/c1-22-10-4-8(13(14,15)16)2-3-9(10)19-12(21)11-7(5-17)6-18-20-11/h2-4,6H,1H3,(H,18,20)(H,19,21). The molecule has 9 heteroatoms. The lowest BCUT2D eigenvalue weighted by Crippen LogP contribution is -2.15. The highest BCUT2D eigenvalue weighted by Crippen LogP contribution is 2.35. The topological polar surface area (TPSA) is 90.8 Å². The minimum absolute atomic E-state index is 0.0170. The minimum atomic E-state index is -4.52. The Kier molecular flexibility index (Phi) is 4.03. The fraction of sp³-hybridized carbons (Fsp3) is 0.154. The molecule has 0 aliphatic carbocycles. The van der Waals surface area contributed by atoms with Crippen molar-refractivity contribution in [1.82, 2.24) is 10.2 Å². The number of anilines is 1. The number of nitrogens with one attached hydrogen (secondary N) is 2. The number of aromatic nitrogens is 2. The molecule has 0 spiro atoms. The average Bonchev–Trinajstić information content (AvgIpc) is 2.95. The second-order valence-electron chi connectivity index (χ2n) is 4.14. The molecule has 2 N–H and O–H groups in total. The van der Waals surface area contributed by atoms with Crippen LogP contribution in [0.3, 0.4) is 0 Å². The number of H-pyrrole nitrogens is 1. The number of hydrogen-bond acceptors (Lipinski definition) is 4. The third-order valence-corrected chi connectivity index (χ3v) is 2.76. The first-order valence-corrected chi connectivity index (χ1v) is 5.87. The van der Waals surface area contributed by atoms with E-state index in [4.69, 9.17) is 10.00 Å². The maximum atomic E-state index is 12.6. The van der Waals surface area contributed by atoms with E-state index < -0.39 is 17.6 Å². The molecule has 6 nitrogen and oxygen atoms in total. The molecule has 1 heterocycles. The molecule has 114 valence electrons. The summed E-state index contributed by atoms with van der Waals surface area (Å²) in [5.41, 5.74) is -0.937. The molecule has 0 bridgehead atoms. The fourth-order valence-corrected chi connectivity index (χ4v) is 1.70. The van der Waals surface area contributed by atoms with E-state index in [1.54, 1.807) is 6.07 Å². The first-order chi connectivity index (χ1) is 10.4. The maximum Gasteiger partial charge on any atom is 0.416 e. The Morgan fingerprint density at radius 2 is 2.18 bits per heavy atom. The maximum absolute atomic E-state index is 12.6. The van der Waals surface area contributed by atoms with Crippen LogP contribution in [0.2, 0.25) is 0 Å². The highest BCUT2D eigenvalue weighted by Gasteiger charge is 2.31. The number of carbonyl (C=O) groups is 1. The van der Waals surface area contributed by atoms with Gasteiger partial charge >= 0.3 is 6.18 Å². The van der Waals surface area contributed by atoms with Crippen LogP contribution in [0.4, 0.5) is 18.9 Å². The highest BCUT2D eigenvalue weighted by atomic mass is 19.4. The summed E-state index contributed by atoms with van der Waals surface area (Å²) in [6, 6.07) is 4.42. The molecular weight excluding hydrogens is 301 g/mol. The number of alkyl halides is 3. The number of hydrogen-bond donors (Lipinski definition) is 2. The van der Waals surface area contributed by atoms with Gasteiger partial charge in [0.05, 0.1) is 24.6 Å². The summed E-state index contributed by atoms with van der Waals surface area (Å²) in [4.78, 5) is 12.0. The van der Waals surface area contributed by atoms with Crippen LogP contribution >= 0.6 is 0 Å². The highest BCUT2D eigenvalue weighted by molar-refractivity contribution is 6.05. The van der Waals surface area contributed by atoms with Crippen molar-refractivity contribution in [2.75, 3.05) is 12.4 Å². The predicted molar refractivity (Wildman–Crippen MR) is 69.3 cm³/mol. The molecule has 0 aliphatic heterocycles. The average molecular weight is 310 g/mol. The van der Waals surface area contributed by atoms with Crippen molar-refractivity contribution in [3.05, 3.63) is 41.2 Å². The Morgan fingerprint density at radius 1 is 1.45 bits per heavy atom. The van der Waals surface area contributed by atoms with Crippen molar-refractivity contribution in [1.29, 1.82) is 5.26 Å². The predicted octanol–water partition coefficient (Wildman–Crippen LogP) is 2.56. The fourth-order valence-electron chi connectivity index (χ4n) is 1.70. The first kappa shape index (κ1) is 15.4. The molecule has 0 atom stereocenters. The van der Waals surface area contributed by atoms with Crippen LogP contribution < -0.4 is 10.1 Å². The van der Waals surface area contributed by atoms with Gasteiger partial charge in [-0.25, -0.2) is 0 Å². The summed E-state index contributed by atoms with van der Waals surface area (Å²) < 4.78 is 42.7. The zero-order valence-electron chi connectivity index (χ0n) is 11.2. The number of carbonyl (C=O) groups excluding carboxylic acids is 1.